The Morgan fingerprint density at radius 1 is 1.45 bits per heavy atom. The average molecular weight is 186 g/mol. The topological polar surface area (TPSA) is 101 Å². The van der Waals surface area contributed by atoms with Crippen LogP contribution in [0.2, 0.25) is 0 Å². The van der Waals surface area contributed by atoms with E-state index in [2.05, 4.69) is 4.74 Å². The van der Waals surface area contributed by atoms with Gasteiger partial charge >= 0.3 is 16.4 Å². The van der Waals surface area contributed by atoms with E-state index in [1.807, 2.05) is 0 Å². The third kappa shape index (κ3) is 45.1. The van der Waals surface area contributed by atoms with Crippen molar-refractivity contribution in [2.24, 2.45) is 0 Å². The van der Waals surface area contributed by atoms with Crippen molar-refractivity contribution in [1.29, 1.82) is 0 Å². The van der Waals surface area contributed by atoms with E-state index in [4.69, 9.17) is 17.5 Å². The van der Waals surface area contributed by atoms with Crippen LogP contribution in [-0.4, -0.2) is 30.6 Å². The molecule has 0 aliphatic rings. The Kier molecular flexibility index (Phi) is 7.16. The highest BCUT2D eigenvalue weighted by Crippen LogP contribution is 1.76. The molecule has 0 aliphatic heterocycles. The van der Waals surface area contributed by atoms with Crippen LogP contribution in [-0.2, 0) is 19.9 Å². The predicted octanol–water partition coefficient (Wildman–Crippen LogP) is -0.0834. The van der Waals surface area contributed by atoms with Gasteiger partial charge in [0.15, 0.2) is 0 Å². The third-order valence-corrected chi connectivity index (χ3v) is 0.516. The van der Waals surface area contributed by atoms with Gasteiger partial charge in [-0.25, -0.2) is 0 Å². The summed E-state index contributed by atoms with van der Waals surface area (Å²) >= 11 is 0. The first-order valence-corrected chi connectivity index (χ1v) is 3.97. The van der Waals surface area contributed by atoms with Crippen molar-refractivity contribution in [2.75, 3.05) is 7.11 Å². The third-order valence-electron chi connectivity index (χ3n) is 0.516. The summed E-state index contributed by atoms with van der Waals surface area (Å²) in [7, 11) is -3.29. The molecule has 11 heavy (non-hydrogen) atoms. The van der Waals surface area contributed by atoms with Crippen molar-refractivity contribution in [1.82, 2.24) is 0 Å². The minimum Gasteiger partial charge on any atom is -0.469 e. The van der Waals surface area contributed by atoms with Crippen molar-refractivity contribution in [3.8, 4) is 0 Å². The summed E-state index contributed by atoms with van der Waals surface area (Å²) in [5.41, 5.74) is 0. The Hall–Kier alpha value is -0.660. The molecule has 0 atom stereocenters. The molecule has 0 heterocycles. The van der Waals surface area contributed by atoms with Gasteiger partial charge in [-0.3, -0.25) is 13.9 Å². The molecule has 0 saturated carbocycles. The molecule has 0 bridgehead atoms. The van der Waals surface area contributed by atoms with Crippen molar-refractivity contribution in [3.05, 3.63) is 0 Å². The Morgan fingerprint density at radius 3 is 1.73 bits per heavy atom. The fraction of sp³-hybridized carbons (Fsp3) is 0.750. The van der Waals surface area contributed by atoms with Gasteiger partial charge in [-0.15, -0.1) is 0 Å². The summed E-state index contributed by atoms with van der Waals surface area (Å²) in [6, 6.07) is 0. The van der Waals surface area contributed by atoms with E-state index in [1.54, 1.807) is 6.92 Å². The summed E-state index contributed by atoms with van der Waals surface area (Å²) in [5.74, 6) is -0.157. The van der Waals surface area contributed by atoms with Gasteiger partial charge in [-0.2, -0.15) is 8.42 Å². The standard InChI is InChI=1S/C4H8O2.H2O4S/c1-3-4(5)6-2;1-5(2,3)4/h3H2,1-2H3;(H2,1,2,3,4). The van der Waals surface area contributed by atoms with Gasteiger partial charge in [-0.05, 0) is 0 Å². The number of carbonyl (C=O) groups excluding carboxylic acids is 1. The van der Waals surface area contributed by atoms with Gasteiger partial charge in [0.05, 0.1) is 7.11 Å². The van der Waals surface area contributed by atoms with E-state index >= 15 is 0 Å². The van der Waals surface area contributed by atoms with Gasteiger partial charge < -0.3 is 4.74 Å². The van der Waals surface area contributed by atoms with Gasteiger partial charge in [0, 0.05) is 6.42 Å². The number of esters is 1. The monoisotopic (exact) mass is 186 g/mol. The maximum Gasteiger partial charge on any atom is 0.394 e. The molecule has 0 saturated heterocycles. The minimum absolute atomic E-state index is 0.157. The van der Waals surface area contributed by atoms with Crippen LogP contribution in [0.1, 0.15) is 13.3 Å². The lowest BCUT2D eigenvalue weighted by atomic mass is 10.5. The molecule has 0 aromatic rings. The molecular formula is C4H10O6S. The van der Waals surface area contributed by atoms with Crippen LogP contribution in [0, 0.1) is 0 Å². The summed E-state index contributed by atoms with van der Waals surface area (Å²) < 4.78 is 35.8. The lowest BCUT2D eigenvalue weighted by Gasteiger charge is -1.87. The van der Waals surface area contributed by atoms with Gasteiger partial charge in [0.25, 0.3) is 0 Å². The zero-order valence-electron chi connectivity index (χ0n) is 6.14. The second-order valence-electron chi connectivity index (χ2n) is 1.38. The molecule has 0 aliphatic carbocycles. The number of hydrogen-bond acceptors (Lipinski definition) is 4. The van der Waals surface area contributed by atoms with Crippen molar-refractivity contribution >= 4 is 16.4 Å². The zero-order valence-corrected chi connectivity index (χ0v) is 6.96. The Bertz CT molecular complexity index is 179. The van der Waals surface area contributed by atoms with Crippen LogP contribution in [0.15, 0.2) is 0 Å². The molecule has 0 rings (SSSR count). The molecule has 0 spiro atoms. The van der Waals surface area contributed by atoms with E-state index in [9.17, 15) is 4.79 Å². The fourth-order valence-electron chi connectivity index (χ4n) is 0.144. The zero-order chi connectivity index (χ0) is 9.49. The quantitative estimate of drug-likeness (QED) is 0.438. The molecule has 2 N–H and O–H groups in total. The molecule has 0 unspecified atom stereocenters. The largest absolute Gasteiger partial charge is 0.469 e. The van der Waals surface area contributed by atoms with Crippen LogP contribution < -0.4 is 0 Å². The van der Waals surface area contributed by atoms with E-state index in [-0.39, 0.29) is 5.97 Å². The van der Waals surface area contributed by atoms with Gasteiger partial charge in [-0.1, -0.05) is 6.92 Å². The Morgan fingerprint density at radius 2 is 1.73 bits per heavy atom. The number of ether oxygens (including phenoxy) is 1. The summed E-state index contributed by atoms with van der Waals surface area (Å²) in [5, 5.41) is 0. The summed E-state index contributed by atoms with van der Waals surface area (Å²) in [6.45, 7) is 1.76. The Balaban J connectivity index is 0. The van der Waals surface area contributed by atoms with Crippen LogP contribution in [0.5, 0.6) is 0 Å². The van der Waals surface area contributed by atoms with E-state index in [0.717, 1.165) is 0 Å². The first-order valence-electron chi connectivity index (χ1n) is 2.58. The highest BCUT2D eigenvalue weighted by Gasteiger charge is 1.87. The van der Waals surface area contributed by atoms with Crippen LogP contribution in [0.4, 0.5) is 0 Å². The van der Waals surface area contributed by atoms with Crippen molar-refractivity contribution < 1.29 is 27.1 Å². The number of methoxy groups -OCH3 is 1. The van der Waals surface area contributed by atoms with Gasteiger partial charge in [0.2, 0.25) is 0 Å². The van der Waals surface area contributed by atoms with Crippen LogP contribution >= 0.6 is 0 Å². The number of hydrogen-bond donors (Lipinski definition) is 2. The number of rotatable bonds is 1. The van der Waals surface area contributed by atoms with E-state index in [1.165, 1.54) is 7.11 Å². The van der Waals surface area contributed by atoms with Crippen LogP contribution in [0.25, 0.3) is 0 Å². The highest BCUT2D eigenvalue weighted by molar-refractivity contribution is 7.79. The van der Waals surface area contributed by atoms with Crippen LogP contribution in [0.3, 0.4) is 0 Å². The normalized spacial score (nSPS) is 9.45. The fourth-order valence-corrected chi connectivity index (χ4v) is 0.144. The van der Waals surface area contributed by atoms with E-state index in [0.29, 0.717) is 6.42 Å². The first kappa shape index (κ1) is 13.0. The molecule has 68 valence electrons. The van der Waals surface area contributed by atoms with E-state index < -0.39 is 10.4 Å². The summed E-state index contributed by atoms with van der Waals surface area (Å²) in [4.78, 5) is 9.96. The predicted molar refractivity (Wildman–Crippen MR) is 36.5 cm³/mol. The first-order chi connectivity index (χ1) is 4.81. The lowest BCUT2D eigenvalue weighted by molar-refractivity contribution is -0.140. The molecule has 0 aromatic carbocycles. The second-order valence-corrected chi connectivity index (χ2v) is 2.27. The average Bonchev–Trinajstić information content (AvgIpc) is 1.83. The van der Waals surface area contributed by atoms with Gasteiger partial charge in [0.1, 0.15) is 0 Å². The van der Waals surface area contributed by atoms with Crippen molar-refractivity contribution in [3.63, 3.8) is 0 Å². The molecular weight excluding hydrogens is 176 g/mol. The molecule has 0 amide bonds. The maximum absolute atomic E-state index is 9.96. The maximum atomic E-state index is 9.96. The molecule has 7 heteroatoms. The minimum atomic E-state index is -4.67. The summed E-state index contributed by atoms with van der Waals surface area (Å²) in [6.07, 6.45) is 0.469. The molecule has 6 nitrogen and oxygen atoms in total. The van der Waals surface area contributed by atoms with Crippen molar-refractivity contribution in [2.45, 2.75) is 13.3 Å². The second kappa shape index (κ2) is 6.08. The molecule has 0 radical (unpaired) electrons. The number of carbonyl (C=O) groups is 1. The molecule has 0 fully saturated rings. The molecule has 0 aromatic heterocycles. The highest BCUT2D eigenvalue weighted by atomic mass is 32.3. The SMILES string of the molecule is CCC(=O)OC.O=S(=O)(O)O. The Labute approximate surface area is 64.7 Å². The smallest absolute Gasteiger partial charge is 0.394 e. The lowest BCUT2D eigenvalue weighted by Crippen LogP contribution is -1.94.